The second-order valence-corrected chi connectivity index (χ2v) is 13.1. The van der Waals surface area contributed by atoms with E-state index in [1.54, 1.807) is 35.7 Å². The molecule has 0 spiro atoms. The molecule has 0 aliphatic rings. The van der Waals surface area contributed by atoms with E-state index in [0.29, 0.717) is 17.1 Å². The lowest BCUT2D eigenvalue weighted by Gasteiger charge is -2.22. The van der Waals surface area contributed by atoms with Gasteiger partial charge in [0, 0.05) is 43.5 Å². The van der Waals surface area contributed by atoms with Gasteiger partial charge in [0.15, 0.2) is 5.16 Å². The van der Waals surface area contributed by atoms with Crippen LogP contribution >= 0.6 is 47.6 Å². The number of aryl methyl sites for hydroxylation is 4. The third-order valence-electron chi connectivity index (χ3n) is 5.96. The second kappa shape index (κ2) is 13.5. The molecule has 1 heterocycles. The Bertz CT molecular complexity index is 1560. The number of benzene rings is 4. The van der Waals surface area contributed by atoms with Crippen LogP contribution in [0.25, 0.3) is 0 Å². The molecule has 0 aliphatic heterocycles. The van der Waals surface area contributed by atoms with E-state index >= 15 is 0 Å². The average Bonchev–Trinajstić information content (AvgIpc) is 2.95. The monoisotopic (exact) mass is 599 g/mol. The van der Waals surface area contributed by atoms with Gasteiger partial charge in [-0.3, -0.25) is 4.72 Å². The van der Waals surface area contributed by atoms with Crippen molar-refractivity contribution in [3.63, 3.8) is 0 Å². The highest BCUT2D eigenvalue weighted by atomic mass is 32.2. The predicted octanol–water partition coefficient (Wildman–Crippen LogP) is 9.60. The van der Waals surface area contributed by atoms with Gasteiger partial charge < -0.3 is 0 Å². The first-order valence-electron chi connectivity index (χ1n) is 12.7. The van der Waals surface area contributed by atoms with Crippen LogP contribution in [0.2, 0.25) is 0 Å². The van der Waals surface area contributed by atoms with Crippen LogP contribution in [0.5, 0.6) is 0 Å². The predicted molar refractivity (Wildman–Crippen MR) is 172 cm³/mol. The molecule has 0 fully saturated rings. The lowest BCUT2D eigenvalue weighted by molar-refractivity contribution is 0.920. The third kappa shape index (κ3) is 7.34. The maximum atomic E-state index is 4.97. The maximum Gasteiger partial charge on any atom is 0.252 e. The van der Waals surface area contributed by atoms with E-state index in [2.05, 4.69) is 109 Å². The minimum Gasteiger partial charge on any atom is -0.294 e. The number of anilines is 2. The van der Waals surface area contributed by atoms with E-state index in [4.69, 9.17) is 15.0 Å². The van der Waals surface area contributed by atoms with Crippen LogP contribution in [-0.2, 0) is 0 Å². The number of aromatic nitrogens is 3. The zero-order valence-corrected chi connectivity index (χ0v) is 25.9. The highest BCUT2D eigenvalue weighted by Gasteiger charge is 2.20. The lowest BCUT2D eigenvalue weighted by atomic mass is 10.2. The molecule has 0 atom stereocenters. The van der Waals surface area contributed by atoms with E-state index < -0.39 is 0 Å². The SMILES string of the molecule is Cc1ccccc1SNc1nc(Sc2ccccc2C)nc(N(Sc2ccccc2C)Sc2ccccc2C)n1. The Labute approximate surface area is 253 Å². The molecule has 40 heavy (non-hydrogen) atoms. The molecule has 0 amide bonds. The summed E-state index contributed by atoms with van der Waals surface area (Å²) in [5, 5.41) is 0.632. The molecule has 1 aromatic heterocycles. The minimum absolute atomic E-state index is 0.509. The fourth-order valence-electron chi connectivity index (χ4n) is 3.66. The van der Waals surface area contributed by atoms with E-state index in [-0.39, 0.29) is 0 Å². The molecule has 5 aromatic rings. The molecule has 5 rings (SSSR count). The Balaban J connectivity index is 1.55. The third-order valence-corrected chi connectivity index (χ3v) is 10.4. The molecule has 9 heteroatoms. The van der Waals surface area contributed by atoms with Gasteiger partial charge in [0.25, 0.3) is 5.95 Å². The smallest absolute Gasteiger partial charge is 0.252 e. The van der Waals surface area contributed by atoms with Crippen molar-refractivity contribution in [2.75, 3.05) is 8.43 Å². The van der Waals surface area contributed by atoms with Gasteiger partial charge in [-0.1, -0.05) is 72.8 Å². The molecule has 0 saturated carbocycles. The zero-order valence-electron chi connectivity index (χ0n) is 22.7. The first-order chi connectivity index (χ1) is 19.5. The number of hydrogen-bond donors (Lipinski definition) is 1. The summed E-state index contributed by atoms with van der Waals surface area (Å²) in [5.41, 5.74) is 4.76. The van der Waals surface area contributed by atoms with Crippen LogP contribution in [0.1, 0.15) is 22.3 Å². The molecule has 0 radical (unpaired) electrons. The normalized spacial score (nSPS) is 10.9. The van der Waals surface area contributed by atoms with Crippen molar-refractivity contribution in [2.45, 2.75) is 52.4 Å². The highest BCUT2D eigenvalue weighted by molar-refractivity contribution is 8.18. The number of rotatable bonds is 10. The van der Waals surface area contributed by atoms with Crippen molar-refractivity contribution in [2.24, 2.45) is 0 Å². The first kappa shape index (κ1) is 28.4. The van der Waals surface area contributed by atoms with Crippen molar-refractivity contribution < 1.29 is 0 Å². The van der Waals surface area contributed by atoms with Gasteiger partial charge >= 0.3 is 0 Å². The van der Waals surface area contributed by atoms with E-state index in [1.165, 1.54) is 34.2 Å². The summed E-state index contributed by atoms with van der Waals surface area (Å²) in [6, 6.07) is 33.3. The van der Waals surface area contributed by atoms with E-state index in [9.17, 15) is 0 Å². The van der Waals surface area contributed by atoms with Gasteiger partial charge in [-0.2, -0.15) is 15.0 Å². The van der Waals surface area contributed by atoms with Gasteiger partial charge in [0.05, 0.1) is 0 Å². The molecule has 202 valence electrons. The maximum absolute atomic E-state index is 4.97. The van der Waals surface area contributed by atoms with Gasteiger partial charge in [-0.05, 0) is 97.9 Å². The minimum atomic E-state index is 0.509. The van der Waals surface area contributed by atoms with E-state index in [1.807, 2.05) is 24.3 Å². The standard InChI is InChI=1S/C31H29N5S4/c1-21-13-5-9-17-25(21)37-31-33-29(35-38-26-18-10-6-14-22(26)2)32-30(34-31)36(39-27-19-11-7-15-23(27)3)40-28-20-12-8-16-24(28)4/h5-20H,1-4H3,(H,32,33,34,35). The Morgan fingerprint density at radius 1 is 0.525 bits per heavy atom. The fraction of sp³-hybridized carbons (Fsp3) is 0.129. The fourth-order valence-corrected chi connectivity index (χ4v) is 7.17. The molecule has 4 aromatic carbocycles. The first-order valence-corrected chi connectivity index (χ1v) is 15.9. The molecule has 0 unspecified atom stereocenters. The van der Waals surface area contributed by atoms with Crippen LogP contribution in [0, 0.1) is 27.7 Å². The number of nitrogens with one attached hydrogen (secondary N) is 1. The number of nitrogens with zero attached hydrogens (tertiary/aromatic N) is 4. The van der Waals surface area contributed by atoms with Crippen LogP contribution < -0.4 is 8.43 Å². The molecule has 0 saturated heterocycles. The molecular weight excluding hydrogens is 571 g/mol. The average molecular weight is 600 g/mol. The van der Waals surface area contributed by atoms with Gasteiger partial charge in [0.1, 0.15) is 0 Å². The van der Waals surface area contributed by atoms with Gasteiger partial charge in [-0.15, -0.1) is 0 Å². The Morgan fingerprint density at radius 3 is 1.48 bits per heavy atom. The molecular formula is C31H29N5S4. The summed E-state index contributed by atoms with van der Waals surface area (Å²) in [6.07, 6.45) is 0. The van der Waals surface area contributed by atoms with Crippen molar-refractivity contribution in [1.82, 2.24) is 15.0 Å². The molecule has 0 aliphatic carbocycles. The zero-order chi connectivity index (χ0) is 27.9. The van der Waals surface area contributed by atoms with Gasteiger partial charge in [-0.25, -0.2) is 3.71 Å². The molecule has 1 N–H and O–H groups in total. The van der Waals surface area contributed by atoms with Gasteiger partial charge in [0.2, 0.25) is 5.95 Å². The Morgan fingerprint density at radius 2 is 0.975 bits per heavy atom. The Kier molecular flexibility index (Phi) is 9.59. The summed E-state index contributed by atoms with van der Waals surface area (Å²) in [5.74, 6) is 1.08. The van der Waals surface area contributed by atoms with Crippen LogP contribution in [-0.4, -0.2) is 15.0 Å². The summed E-state index contributed by atoms with van der Waals surface area (Å²) >= 11 is 6.29. The summed E-state index contributed by atoms with van der Waals surface area (Å²) in [6.45, 7) is 8.45. The van der Waals surface area contributed by atoms with Crippen LogP contribution in [0.4, 0.5) is 11.9 Å². The van der Waals surface area contributed by atoms with Crippen LogP contribution in [0.15, 0.2) is 122 Å². The second-order valence-electron chi connectivity index (χ2n) is 9.05. The van der Waals surface area contributed by atoms with Crippen molar-refractivity contribution in [3.8, 4) is 0 Å². The Hall–Kier alpha value is -3.11. The molecule has 0 bridgehead atoms. The quantitative estimate of drug-likeness (QED) is 0.158. The topological polar surface area (TPSA) is 53.9 Å². The summed E-state index contributed by atoms with van der Waals surface area (Å²) in [4.78, 5) is 19.2. The van der Waals surface area contributed by atoms with Crippen LogP contribution in [0.3, 0.4) is 0 Å². The van der Waals surface area contributed by atoms with Crippen molar-refractivity contribution >= 4 is 59.5 Å². The van der Waals surface area contributed by atoms with E-state index in [0.717, 1.165) is 19.6 Å². The summed E-state index contributed by atoms with van der Waals surface area (Å²) < 4.78 is 5.47. The number of hydrogen-bond acceptors (Lipinski definition) is 9. The highest BCUT2D eigenvalue weighted by Crippen LogP contribution is 2.40. The van der Waals surface area contributed by atoms with Crippen molar-refractivity contribution in [3.05, 3.63) is 119 Å². The van der Waals surface area contributed by atoms with Crippen molar-refractivity contribution in [1.29, 1.82) is 0 Å². The lowest BCUT2D eigenvalue weighted by Crippen LogP contribution is -2.12. The largest absolute Gasteiger partial charge is 0.294 e. The summed E-state index contributed by atoms with van der Waals surface area (Å²) in [7, 11) is 0. The molecule has 5 nitrogen and oxygen atoms in total.